The first-order valence-electron chi connectivity index (χ1n) is 12.0. The Morgan fingerprint density at radius 3 is 2.47 bits per heavy atom. The Morgan fingerprint density at radius 1 is 0.971 bits per heavy atom. The highest BCUT2D eigenvalue weighted by atomic mass is 35.5. The number of hydrogen-bond acceptors (Lipinski definition) is 2. The minimum absolute atomic E-state index is 0.0167. The second kappa shape index (κ2) is 7.61. The van der Waals surface area contributed by atoms with E-state index in [1.54, 1.807) is 0 Å². The van der Waals surface area contributed by atoms with Gasteiger partial charge in [-0.2, -0.15) is 0 Å². The third kappa shape index (κ3) is 3.62. The fourth-order valence-corrected chi connectivity index (χ4v) is 5.34. The van der Waals surface area contributed by atoms with Crippen LogP contribution in [-0.4, -0.2) is 11.5 Å². The summed E-state index contributed by atoms with van der Waals surface area (Å²) < 4.78 is 6.20. The van der Waals surface area contributed by atoms with E-state index in [1.807, 2.05) is 54.3 Å². The zero-order valence-electron chi connectivity index (χ0n) is 20.8. The molecule has 5 rings (SSSR count). The van der Waals surface area contributed by atoms with Crippen molar-refractivity contribution in [1.29, 1.82) is 0 Å². The number of carbonyl (C=O) groups excluding carboxylic acids is 1. The number of fused-ring (bicyclic) bond motifs is 2. The first kappa shape index (κ1) is 23.0. The molecule has 3 nitrogen and oxygen atoms in total. The van der Waals surface area contributed by atoms with Crippen LogP contribution in [-0.2, 0) is 22.0 Å². The minimum Gasteiger partial charge on any atom is -0.488 e. The lowest BCUT2D eigenvalue weighted by atomic mass is 9.76. The quantitative estimate of drug-likeness (QED) is 0.381. The Balaban J connectivity index is 1.65. The van der Waals surface area contributed by atoms with Gasteiger partial charge in [-0.3, -0.25) is 9.69 Å². The van der Waals surface area contributed by atoms with Crippen LogP contribution in [0.2, 0.25) is 5.02 Å². The van der Waals surface area contributed by atoms with E-state index < -0.39 is 5.41 Å². The van der Waals surface area contributed by atoms with Crippen molar-refractivity contribution in [3.05, 3.63) is 87.9 Å². The van der Waals surface area contributed by atoms with Crippen LogP contribution < -0.4 is 9.64 Å². The maximum atomic E-state index is 14.3. The van der Waals surface area contributed by atoms with Gasteiger partial charge in [0.2, 0.25) is 5.91 Å². The van der Waals surface area contributed by atoms with Crippen LogP contribution in [0.3, 0.4) is 0 Å². The lowest BCUT2D eigenvalue weighted by Gasteiger charge is -2.34. The van der Waals surface area contributed by atoms with Crippen molar-refractivity contribution < 1.29 is 9.53 Å². The number of benzene rings is 3. The molecule has 3 aromatic carbocycles. The van der Waals surface area contributed by atoms with Gasteiger partial charge in [0.25, 0.3) is 0 Å². The number of anilines is 2. The molecule has 0 saturated heterocycles. The highest BCUT2D eigenvalue weighted by Crippen LogP contribution is 2.51. The van der Waals surface area contributed by atoms with Gasteiger partial charge in [0.1, 0.15) is 11.4 Å². The standard InChI is InChI=1S/C30H32ClNO2/c1-28(2,3)20-8-7-9-23(17-20)32-25-12-11-22(31)18-24(25)30(6,27(32)33)21-10-13-26-19(16-21)14-15-29(4,5)34-26/h7-13,16-18H,14-15H2,1-6H3/t30-/m0/s1. The molecule has 2 aliphatic rings. The molecule has 2 aliphatic heterocycles. The van der Waals surface area contributed by atoms with Gasteiger partial charge in [-0.05, 0) is 97.7 Å². The van der Waals surface area contributed by atoms with Crippen molar-refractivity contribution in [3.63, 3.8) is 0 Å². The molecule has 0 fully saturated rings. The van der Waals surface area contributed by atoms with Gasteiger partial charge >= 0.3 is 0 Å². The lowest BCUT2D eigenvalue weighted by molar-refractivity contribution is -0.120. The first-order chi connectivity index (χ1) is 15.9. The molecule has 3 aromatic rings. The molecule has 4 heteroatoms. The first-order valence-corrected chi connectivity index (χ1v) is 12.4. The molecule has 0 spiro atoms. The van der Waals surface area contributed by atoms with Crippen LogP contribution in [0.5, 0.6) is 5.75 Å². The van der Waals surface area contributed by atoms with Crippen LogP contribution in [0.1, 0.15) is 70.2 Å². The van der Waals surface area contributed by atoms with Crippen molar-refractivity contribution >= 4 is 28.9 Å². The SMILES string of the molecule is CC1(C)CCc2cc([C@]3(C)C(=O)N(c4cccc(C(C)(C)C)c4)c4ccc(Cl)cc43)ccc2O1. The van der Waals surface area contributed by atoms with E-state index in [1.165, 1.54) is 5.56 Å². The van der Waals surface area contributed by atoms with Crippen LogP contribution >= 0.6 is 11.6 Å². The fraction of sp³-hybridized carbons (Fsp3) is 0.367. The fourth-order valence-electron chi connectivity index (χ4n) is 5.17. The molecule has 0 aromatic heterocycles. The van der Waals surface area contributed by atoms with E-state index in [4.69, 9.17) is 16.3 Å². The molecule has 1 amide bonds. The molecular formula is C30H32ClNO2. The van der Waals surface area contributed by atoms with Gasteiger partial charge in [-0.15, -0.1) is 0 Å². The average molecular weight is 474 g/mol. The molecule has 34 heavy (non-hydrogen) atoms. The summed E-state index contributed by atoms with van der Waals surface area (Å²) in [5.74, 6) is 0.947. The second-order valence-electron chi connectivity index (χ2n) is 11.4. The number of amides is 1. The van der Waals surface area contributed by atoms with E-state index >= 15 is 0 Å². The Bertz CT molecular complexity index is 1300. The summed E-state index contributed by atoms with van der Waals surface area (Å²) in [5, 5.41) is 0.631. The number of hydrogen-bond donors (Lipinski definition) is 0. The average Bonchev–Trinajstić information content (AvgIpc) is 3.00. The van der Waals surface area contributed by atoms with Crippen LogP contribution in [0.15, 0.2) is 60.7 Å². The molecule has 0 N–H and O–H groups in total. The highest BCUT2D eigenvalue weighted by Gasteiger charge is 2.49. The zero-order valence-corrected chi connectivity index (χ0v) is 21.6. The van der Waals surface area contributed by atoms with Gasteiger partial charge in [0, 0.05) is 10.7 Å². The summed E-state index contributed by atoms with van der Waals surface area (Å²) in [5.41, 5.74) is 4.98. The summed E-state index contributed by atoms with van der Waals surface area (Å²) in [4.78, 5) is 16.1. The Morgan fingerprint density at radius 2 is 1.74 bits per heavy atom. The minimum atomic E-state index is -0.847. The Labute approximate surface area is 207 Å². The van der Waals surface area contributed by atoms with Crippen molar-refractivity contribution in [2.45, 2.75) is 70.8 Å². The monoisotopic (exact) mass is 473 g/mol. The van der Waals surface area contributed by atoms with E-state index in [2.05, 4.69) is 52.8 Å². The number of ether oxygens (including phenoxy) is 1. The molecule has 1 atom stereocenters. The summed E-state index contributed by atoms with van der Waals surface area (Å²) in [6.45, 7) is 12.8. The van der Waals surface area contributed by atoms with E-state index in [-0.39, 0.29) is 16.9 Å². The molecule has 0 aliphatic carbocycles. The van der Waals surface area contributed by atoms with Gasteiger partial charge in [0.05, 0.1) is 11.1 Å². The third-order valence-electron chi connectivity index (χ3n) is 7.36. The lowest BCUT2D eigenvalue weighted by Crippen LogP contribution is -2.37. The number of aryl methyl sites for hydroxylation is 1. The molecule has 0 radical (unpaired) electrons. The summed E-state index contributed by atoms with van der Waals surface area (Å²) in [7, 11) is 0. The zero-order chi connectivity index (χ0) is 24.5. The summed E-state index contributed by atoms with van der Waals surface area (Å²) >= 11 is 6.46. The van der Waals surface area contributed by atoms with Crippen LogP contribution in [0.4, 0.5) is 11.4 Å². The molecule has 0 saturated carbocycles. The van der Waals surface area contributed by atoms with E-state index in [9.17, 15) is 4.79 Å². The summed E-state index contributed by atoms with van der Waals surface area (Å²) in [6.07, 6.45) is 1.88. The van der Waals surface area contributed by atoms with Crippen molar-refractivity contribution in [2.24, 2.45) is 0 Å². The maximum Gasteiger partial charge on any atom is 0.246 e. The number of carbonyl (C=O) groups is 1. The highest BCUT2D eigenvalue weighted by molar-refractivity contribution is 6.31. The Kier molecular flexibility index (Phi) is 5.15. The predicted octanol–water partition coefficient (Wildman–Crippen LogP) is 7.73. The van der Waals surface area contributed by atoms with E-state index in [0.717, 1.165) is 46.7 Å². The third-order valence-corrected chi connectivity index (χ3v) is 7.59. The van der Waals surface area contributed by atoms with Gasteiger partial charge in [0.15, 0.2) is 0 Å². The largest absolute Gasteiger partial charge is 0.488 e. The van der Waals surface area contributed by atoms with E-state index in [0.29, 0.717) is 5.02 Å². The number of nitrogens with zero attached hydrogens (tertiary/aromatic N) is 1. The molecule has 176 valence electrons. The normalized spacial score (nSPS) is 21.1. The smallest absolute Gasteiger partial charge is 0.246 e. The van der Waals surface area contributed by atoms with Gasteiger partial charge in [-0.25, -0.2) is 0 Å². The van der Waals surface area contributed by atoms with Crippen LogP contribution in [0.25, 0.3) is 0 Å². The second-order valence-corrected chi connectivity index (χ2v) is 11.8. The number of halogens is 1. The topological polar surface area (TPSA) is 29.5 Å². The molecular weight excluding hydrogens is 442 g/mol. The van der Waals surface area contributed by atoms with Gasteiger partial charge in [-0.1, -0.05) is 56.6 Å². The molecule has 0 unspecified atom stereocenters. The van der Waals surface area contributed by atoms with Crippen molar-refractivity contribution in [3.8, 4) is 5.75 Å². The molecule has 0 bridgehead atoms. The van der Waals surface area contributed by atoms with Crippen molar-refractivity contribution in [2.75, 3.05) is 4.90 Å². The van der Waals surface area contributed by atoms with Crippen molar-refractivity contribution in [1.82, 2.24) is 0 Å². The maximum absolute atomic E-state index is 14.3. The summed E-state index contributed by atoms with van der Waals surface area (Å²) in [6, 6.07) is 20.3. The van der Waals surface area contributed by atoms with Crippen LogP contribution in [0, 0.1) is 0 Å². The van der Waals surface area contributed by atoms with Gasteiger partial charge < -0.3 is 4.74 Å². The molecule has 2 heterocycles. The predicted molar refractivity (Wildman–Crippen MR) is 140 cm³/mol. The Hall–Kier alpha value is -2.78. The number of rotatable bonds is 2.